The highest BCUT2D eigenvalue weighted by molar-refractivity contribution is 5.94. The van der Waals surface area contributed by atoms with E-state index in [4.69, 9.17) is 4.74 Å². The largest absolute Gasteiger partial charge is 0.459 e. The molecule has 3 atom stereocenters. The van der Waals surface area contributed by atoms with Crippen LogP contribution in [0.2, 0.25) is 0 Å². The fraction of sp³-hybridized carbons (Fsp3) is 0.500. The van der Waals surface area contributed by atoms with E-state index in [-0.39, 0.29) is 23.3 Å². The maximum absolute atomic E-state index is 12.9. The summed E-state index contributed by atoms with van der Waals surface area (Å²) < 4.78 is 7.41. The summed E-state index contributed by atoms with van der Waals surface area (Å²) in [7, 11) is 0. The highest BCUT2D eigenvalue weighted by Gasteiger charge is 2.35. The second-order valence-corrected chi connectivity index (χ2v) is 7.52. The van der Waals surface area contributed by atoms with Gasteiger partial charge in [-0.15, -0.1) is 0 Å². The first-order valence-corrected chi connectivity index (χ1v) is 9.14. The average Bonchev–Trinajstić information content (AvgIpc) is 2.92. The molecule has 2 aromatic rings. The maximum atomic E-state index is 12.9. The normalized spacial score (nSPS) is 25.5. The SMILES string of the molecule is CC(C)n1c(=O)c(C(=O)OC2C[C@H]3CC[C@@H](C2)N3)cc2ccccc21. The Balaban J connectivity index is 1.67. The minimum Gasteiger partial charge on any atom is -0.459 e. The van der Waals surface area contributed by atoms with Crippen molar-refractivity contribution >= 4 is 16.9 Å². The summed E-state index contributed by atoms with van der Waals surface area (Å²) in [6.45, 7) is 3.90. The molecular formula is C20H24N2O3. The summed E-state index contributed by atoms with van der Waals surface area (Å²) in [5, 5.41) is 4.42. The van der Waals surface area contributed by atoms with Crippen LogP contribution >= 0.6 is 0 Å². The smallest absolute Gasteiger partial charge is 0.344 e. The van der Waals surface area contributed by atoms with Gasteiger partial charge in [0.1, 0.15) is 11.7 Å². The van der Waals surface area contributed by atoms with Gasteiger partial charge in [0.2, 0.25) is 0 Å². The molecule has 0 radical (unpaired) electrons. The van der Waals surface area contributed by atoms with Crippen LogP contribution < -0.4 is 10.9 Å². The first kappa shape index (κ1) is 16.3. The Kier molecular flexibility index (Phi) is 4.12. The summed E-state index contributed by atoms with van der Waals surface area (Å²) in [5.41, 5.74) is 0.716. The molecule has 1 unspecified atom stereocenters. The molecule has 3 heterocycles. The van der Waals surface area contributed by atoms with Crippen molar-refractivity contribution in [2.75, 3.05) is 0 Å². The van der Waals surface area contributed by atoms with E-state index >= 15 is 0 Å². The number of carbonyl (C=O) groups is 1. The van der Waals surface area contributed by atoms with E-state index in [1.807, 2.05) is 38.1 Å². The fourth-order valence-electron chi connectivity index (χ4n) is 4.26. The number of rotatable bonds is 3. The maximum Gasteiger partial charge on any atom is 0.344 e. The zero-order valence-corrected chi connectivity index (χ0v) is 14.7. The highest BCUT2D eigenvalue weighted by Crippen LogP contribution is 2.29. The summed E-state index contributed by atoms with van der Waals surface area (Å²) in [5.74, 6) is -0.489. The van der Waals surface area contributed by atoms with Gasteiger partial charge in [-0.2, -0.15) is 0 Å². The number of piperidine rings is 1. The monoisotopic (exact) mass is 340 g/mol. The molecule has 2 aliphatic heterocycles. The van der Waals surface area contributed by atoms with Crippen LogP contribution in [0, 0.1) is 0 Å². The zero-order chi connectivity index (χ0) is 17.6. The second kappa shape index (κ2) is 6.30. The molecule has 2 fully saturated rings. The van der Waals surface area contributed by atoms with E-state index in [9.17, 15) is 9.59 Å². The van der Waals surface area contributed by atoms with E-state index < -0.39 is 5.97 Å². The third-order valence-corrected chi connectivity index (χ3v) is 5.39. The molecule has 1 aromatic heterocycles. The number of benzene rings is 1. The predicted octanol–water partition coefficient (Wildman–Crippen LogP) is 3.02. The Hall–Kier alpha value is -2.14. The number of ether oxygens (including phenoxy) is 1. The number of nitrogens with one attached hydrogen (secondary N) is 1. The lowest BCUT2D eigenvalue weighted by Gasteiger charge is -2.28. The number of carbonyl (C=O) groups excluding carboxylic acids is 1. The summed E-state index contributed by atoms with van der Waals surface area (Å²) in [4.78, 5) is 25.6. The van der Waals surface area contributed by atoms with Crippen molar-refractivity contribution in [1.82, 2.24) is 9.88 Å². The zero-order valence-electron chi connectivity index (χ0n) is 14.7. The quantitative estimate of drug-likeness (QED) is 0.873. The predicted molar refractivity (Wildman–Crippen MR) is 97.0 cm³/mol. The van der Waals surface area contributed by atoms with Crippen molar-refractivity contribution in [2.24, 2.45) is 0 Å². The van der Waals surface area contributed by atoms with Gasteiger partial charge >= 0.3 is 5.97 Å². The number of fused-ring (bicyclic) bond motifs is 3. The van der Waals surface area contributed by atoms with Crippen LogP contribution in [0.25, 0.3) is 10.9 Å². The molecule has 1 N–H and O–H groups in total. The van der Waals surface area contributed by atoms with Crippen molar-refractivity contribution in [1.29, 1.82) is 0 Å². The minimum absolute atomic E-state index is 0.0279. The number of hydrogen-bond donors (Lipinski definition) is 1. The number of aromatic nitrogens is 1. The van der Waals surface area contributed by atoms with Gasteiger partial charge in [0.05, 0.1) is 5.52 Å². The highest BCUT2D eigenvalue weighted by atomic mass is 16.5. The Morgan fingerprint density at radius 2 is 1.88 bits per heavy atom. The van der Waals surface area contributed by atoms with E-state index in [0.717, 1.165) is 36.6 Å². The van der Waals surface area contributed by atoms with E-state index in [2.05, 4.69) is 5.32 Å². The summed E-state index contributed by atoms with van der Waals surface area (Å²) >= 11 is 0. The Bertz CT molecular complexity index is 859. The van der Waals surface area contributed by atoms with Crippen molar-refractivity contribution in [3.05, 3.63) is 46.2 Å². The van der Waals surface area contributed by atoms with E-state index in [1.165, 1.54) is 0 Å². The lowest BCUT2D eigenvalue weighted by molar-refractivity contribution is 0.0175. The molecule has 0 aliphatic carbocycles. The summed E-state index contributed by atoms with van der Waals surface area (Å²) in [6, 6.07) is 10.2. The molecule has 25 heavy (non-hydrogen) atoms. The van der Waals surface area contributed by atoms with E-state index in [0.29, 0.717) is 12.1 Å². The Morgan fingerprint density at radius 3 is 2.56 bits per heavy atom. The van der Waals surface area contributed by atoms with Crippen LogP contribution in [0.15, 0.2) is 35.1 Å². The van der Waals surface area contributed by atoms with Crippen LogP contribution in [0.5, 0.6) is 0 Å². The number of nitrogens with zero attached hydrogens (tertiary/aromatic N) is 1. The van der Waals surface area contributed by atoms with Crippen molar-refractivity contribution in [3.63, 3.8) is 0 Å². The molecule has 0 spiro atoms. The molecule has 2 saturated heterocycles. The molecule has 0 amide bonds. The first-order chi connectivity index (χ1) is 12.0. The Labute approximate surface area is 147 Å². The molecule has 5 nitrogen and oxygen atoms in total. The number of hydrogen-bond acceptors (Lipinski definition) is 4. The number of pyridine rings is 1. The number of para-hydroxylation sites is 1. The second-order valence-electron chi connectivity index (χ2n) is 7.52. The van der Waals surface area contributed by atoms with E-state index in [1.54, 1.807) is 10.6 Å². The molecule has 0 saturated carbocycles. The molecule has 132 valence electrons. The van der Waals surface area contributed by atoms with Crippen molar-refractivity contribution in [3.8, 4) is 0 Å². The van der Waals surface area contributed by atoms with Gasteiger partial charge in [-0.1, -0.05) is 18.2 Å². The third-order valence-electron chi connectivity index (χ3n) is 5.39. The van der Waals surface area contributed by atoms with Gasteiger partial charge in [-0.05, 0) is 57.0 Å². The third kappa shape index (κ3) is 2.97. The van der Waals surface area contributed by atoms with Gasteiger partial charge in [0.25, 0.3) is 5.56 Å². The van der Waals surface area contributed by atoms with Crippen molar-refractivity contribution < 1.29 is 9.53 Å². The molecule has 1 aromatic carbocycles. The lowest BCUT2D eigenvalue weighted by atomic mass is 10.0. The Morgan fingerprint density at radius 1 is 1.20 bits per heavy atom. The molecule has 5 heteroatoms. The van der Waals surface area contributed by atoms with Crippen LogP contribution in [0.1, 0.15) is 55.9 Å². The molecule has 2 aliphatic rings. The topological polar surface area (TPSA) is 60.3 Å². The van der Waals surface area contributed by atoms with Gasteiger partial charge in [-0.3, -0.25) is 4.79 Å². The van der Waals surface area contributed by atoms with Crippen LogP contribution in [-0.4, -0.2) is 28.7 Å². The van der Waals surface area contributed by atoms with Gasteiger partial charge < -0.3 is 14.6 Å². The lowest BCUT2D eigenvalue weighted by Crippen LogP contribution is -2.42. The summed E-state index contributed by atoms with van der Waals surface area (Å²) in [6.07, 6.45) is 3.89. The first-order valence-electron chi connectivity index (χ1n) is 9.14. The molecule has 4 rings (SSSR count). The average molecular weight is 340 g/mol. The van der Waals surface area contributed by atoms with Crippen LogP contribution in [0.3, 0.4) is 0 Å². The van der Waals surface area contributed by atoms with Gasteiger partial charge in [0.15, 0.2) is 0 Å². The van der Waals surface area contributed by atoms with Gasteiger partial charge in [0, 0.05) is 18.1 Å². The van der Waals surface area contributed by atoms with Gasteiger partial charge in [-0.25, -0.2) is 4.79 Å². The number of esters is 1. The van der Waals surface area contributed by atoms with Crippen molar-refractivity contribution in [2.45, 2.75) is 63.8 Å². The molecular weight excluding hydrogens is 316 g/mol. The van der Waals surface area contributed by atoms with Crippen LogP contribution in [0.4, 0.5) is 0 Å². The fourth-order valence-corrected chi connectivity index (χ4v) is 4.26. The molecule has 2 bridgehead atoms. The minimum atomic E-state index is -0.489. The standard InChI is InChI=1S/C20H24N2O3/c1-12(2)22-18-6-4-3-5-13(18)9-17(19(22)23)20(24)25-16-10-14-7-8-15(11-16)21-14/h3-6,9,12,14-16,21H,7-8,10-11H2,1-2H3/t14-,15+,16?. The van der Waals surface area contributed by atoms with Crippen LogP contribution in [-0.2, 0) is 4.74 Å².